The highest BCUT2D eigenvalue weighted by Gasteiger charge is 2.29. The van der Waals surface area contributed by atoms with Crippen LogP contribution in [0.25, 0.3) is 0 Å². The summed E-state index contributed by atoms with van der Waals surface area (Å²) in [5, 5.41) is 21.4. The van der Waals surface area contributed by atoms with Gasteiger partial charge in [0, 0.05) is 38.4 Å². The molecule has 2 heterocycles. The number of aliphatic carboxylic acids is 1. The molecule has 27 heavy (non-hydrogen) atoms. The molecule has 148 valence electrons. The highest BCUT2D eigenvalue weighted by Crippen LogP contribution is 2.19. The molecule has 0 aromatic heterocycles. The molecular weight excluding hydrogens is 352 g/mol. The predicted octanol–water partition coefficient (Wildman–Crippen LogP) is 0.928. The number of piperidine rings is 2. The molecule has 9 heteroatoms. The van der Waals surface area contributed by atoms with Gasteiger partial charge in [-0.2, -0.15) is 5.26 Å². The number of hydrogen-bond donors (Lipinski definition) is 2. The van der Waals surface area contributed by atoms with Gasteiger partial charge in [0.2, 0.25) is 0 Å². The van der Waals surface area contributed by atoms with Gasteiger partial charge in [0.15, 0.2) is 0 Å². The van der Waals surface area contributed by atoms with Crippen LogP contribution < -0.4 is 5.32 Å². The summed E-state index contributed by atoms with van der Waals surface area (Å²) in [5.41, 5.74) is 0.0107. The molecule has 2 saturated heterocycles. The van der Waals surface area contributed by atoms with Crippen molar-refractivity contribution in [3.05, 3.63) is 11.8 Å². The van der Waals surface area contributed by atoms with Crippen molar-refractivity contribution < 1.29 is 24.2 Å². The van der Waals surface area contributed by atoms with Crippen molar-refractivity contribution in [2.45, 2.75) is 38.6 Å². The van der Waals surface area contributed by atoms with Gasteiger partial charge < -0.3 is 25.0 Å². The van der Waals surface area contributed by atoms with E-state index in [2.05, 4.69) is 5.32 Å². The number of nitriles is 1. The van der Waals surface area contributed by atoms with E-state index in [4.69, 9.17) is 9.84 Å². The maximum atomic E-state index is 12.5. The summed E-state index contributed by atoms with van der Waals surface area (Å²) >= 11 is 0. The Bertz CT molecular complexity index is 626. The number of ether oxygens (including phenoxy) is 1. The van der Waals surface area contributed by atoms with Crippen molar-refractivity contribution in [1.82, 2.24) is 15.1 Å². The molecule has 0 bridgehead atoms. The van der Waals surface area contributed by atoms with E-state index in [1.807, 2.05) is 6.07 Å². The van der Waals surface area contributed by atoms with Crippen LogP contribution >= 0.6 is 0 Å². The highest BCUT2D eigenvalue weighted by atomic mass is 16.6. The monoisotopic (exact) mass is 378 g/mol. The van der Waals surface area contributed by atoms with E-state index in [9.17, 15) is 19.6 Å². The molecule has 2 fully saturated rings. The number of amides is 2. The molecule has 9 nitrogen and oxygen atoms in total. The zero-order valence-corrected chi connectivity index (χ0v) is 15.5. The Morgan fingerprint density at radius 2 is 1.74 bits per heavy atom. The van der Waals surface area contributed by atoms with E-state index in [1.165, 1.54) is 11.1 Å². The third-order valence-electron chi connectivity index (χ3n) is 4.97. The molecule has 0 radical (unpaired) electrons. The fraction of sp³-hybridized carbons (Fsp3) is 0.667. The summed E-state index contributed by atoms with van der Waals surface area (Å²) < 4.78 is 4.98. The second-order valence-electron chi connectivity index (χ2n) is 6.70. The minimum atomic E-state index is -0.839. The Balaban J connectivity index is 1.83. The molecule has 2 amide bonds. The second kappa shape index (κ2) is 9.80. The van der Waals surface area contributed by atoms with Crippen molar-refractivity contribution in [2.75, 3.05) is 32.8 Å². The van der Waals surface area contributed by atoms with Crippen LogP contribution in [0.1, 0.15) is 32.6 Å². The molecular formula is C18H26N4O5. The maximum Gasteiger partial charge on any atom is 0.409 e. The van der Waals surface area contributed by atoms with Crippen LogP contribution in [0, 0.1) is 17.2 Å². The Hall–Kier alpha value is -2.76. The van der Waals surface area contributed by atoms with E-state index < -0.39 is 11.9 Å². The van der Waals surface area contributed by atoms with Crippen LogP contribution in [-0.2, 0) is 14.3 Å². The molecule has 2 rings (SSSR count). The van der Waals surface area contributed by atoms with E-state index in [-0.39, 0.29) is 23.6 Å². The minimum Gasteiger partial charge on any atom is -0.481 e. The van der Waals surface area contributed by atoms with Gasteiger partial charge in [-0.15, -0.1) is 0 Å². The maximum absolute atomic E-state index is 12.5. The summed E-state index contributed by atoms with van der Waals surface area (Å²) in [7, 11) is 0. The van der Waals surface area contributed by atoms with Crippen molar-refractivity contribution in [3.8, 4) is 6.07 Å². The van der Waals surface area contributed by atoms with Gasteiger partial charge >= 0.3 is 12.1 Å². The lowest BCUT2D eigenvalue weighted by atomic mass is 9.97. The van der Waals surface area contributed by atoms with Crippen LogP contribution in [0.2, 0.25) is 0 Å². The normalized spacial score (nSPS) is 19.3. The molecule has 0 aliphatic carbocycles. The Kier molecular flexibility index (Phi) is 7.46. The van der Waals surface area contributed by atoms with Crippen LogP contribution in [0.15, 0.2) is 11.8 Å². The largest absolute Gasteiger partial charge is 0.481 e. The molecule has 0 atom stereocenters. The van der Waals surface area contributed by atoms with Gasteiger partial charge in [-0.05, 0) is 32.6 Å². The Labute approximate surface area is 158 Å². The number of carbonyl (C=O) groups excluding carboxylic acids is 2. The lowest BCUT2D eigenvalue weighted by Gasteiger charge is -2.32. The first-order valence-corrected chi connectivity index (χ1v) is 9.26. The summed E-state index contributed by atoms with van der Waals surface area (Å²) in [6.45, 7) is 3.91. The van der Waals surface area contributed by atoms with Crippen molar-refractivity contribution in [1.29, 1.82) is 5.26 Å². The minimum absolute atomic E-state index is 0.0107. The van der Waals surface area contributed by atoms with Crippen molar-refractivity contribution in [3.63, 3.8) is 0 Å². The van der Waals surface area contributed by atoms with Crippen molar-refractivity contribution in [2.24, 2.45) is 5.92 Å². The molecule has 0 spiro atoms. The van der Waals surface area contributed by atoms with Gasteiger partial charge in [0.05, 0.1) is 12.5 Å². The highest BCUT2D eigenvalue weighted by molar-refractivity contribution is 5.97. The average molecular weight is 378 g/mol. The summed E-state index contributed by atoms with van der Waals surface area (Å²) in [4.78, 5) is 38.3. The predicted molar refractivity (Wildman–Crippen MR) is 95.4 cm³/mol. The number of nitrogens with one attached hydrogen (secondary N) is 1. The van der Waals surface area contributed by atoms with Gasteiger partial charge in [-0.1, -0.05) is 0 Å². The smallest absolute Gasteiger partial charge is 0.409 e. The number of carbonyl (C=O) groups is 3. The first-order chi connectivity index (χ1) is 13.0. The molecule has 2 aliphatic rings. The number of nitrogens with zero attached hydrogens (tertiary/aromatic N) is 3. The van der Waals surface area contributed by atoms with E-state index in [1.54, 1.807) is 11.8 Å². The van der Waals surface area contributed by atoms with Crippen LogP contribution in [-0.4, -0.2) is 71.7 Å². The molecule has 0 unspecified atom stereocenters. The Morgan fingerprint density at radius 1 is 1.15 bits per heavy atom. The Morgan fingerprint density at radius 3 is 2.26 bits per heavy atom. The molecule has 0 saturated carbocycles. The SMILES string of the molecule is CCOC(=O)N1CCC(N/C=C(/C#N)C(=O)N2CCC(C(=O)O)CC2)CC1. The standard InChI is InChI=1S/C18H26N4O5/c1-2-27-18(26)22-9-5-15(6-10-22)20-12-14(11-19)16(23)21-7-3-13(4-8-21)17(24)25/h12-13,15,20H,2-10H2,1H3,(H,24,25)/b14-12-. The van der Waals surface area contributed by atoms with E-state index in [0.29, 0.717) is 58.5 Å². The number of carboxylic acid groups (broad SMARTS) is 1. The zero-order chi connectivity index (χ0) is 19.8. The number of hydrogen-bond acceptors (Lipinski definition) is 6. The molecule has 2 aliphatic heterocycles. The second-order valence-corrected chi connectivity index (χ2v) is 6.70. The number of rotatable bonds is 5. The fourth-order valence-corrected chi connectivity index (χ4v) is 3.29. The first kappa shape index (κ1) is 20.6. The number of likely N-dealkylation sites (tertiary alicyclic amines) is 2. The zero-order valence-electron chi connectivity index (χ0n) is 15.5. The average Bonchev–Trinajstić information content (AvgIpc) is 2.69. The van der Waals surface area contributed by atoms with Crippen LogP contribution in [0.3, 0.4) is 0 Å². The first-order valence-electron chi connectivity index (χ1n) is 9.26. The van der Waals surface area contributed by atoms with Gasteiger partial charge in [-0.3, -0.25) is 9.59 Å². The van der Waals surface area contributed by atoms with Crippen LogP contribution in [0.4, 0.5) is 4.79 Å². The third kappa shape index (κ3) is 5.61. The molecule has 0 aromatic rings. The van der Waals surface area contributed by atoms with Gasteiger partial charge in [0.1, 0.15) is 11.6 Å². The summed E-state index contributed by atoms with van der Waals surface area (Å²) in [5.74, 6) is -1.64. The van der Waals surface area contributed by atoms with Crippen LogP contribution in [0.5, 0.6) is 0 Å². The van der Waals surface area contributed by atoms with Crippen molar-refractivity contribution >= 4 is 18.0 Å². The van der Waals surface area contributed by atoms with Gasteiger partial charge in [-0.25, -0.2) is 4.79 Å². The van der Waals surface area contributed by atoms with Gasteiger partial charge in [0.25, 0.3) is 5.91 Å². The lowest BCUT2D eigenvalue weighted by Crippen LogP contribution is -2.44. The summed E-state index contributed by atoms with van der Waals surface area (Å²) in [6.07, 6.45) is 3.33. The van der Waals surface area contributed by atoms with E-state index >= 15 is 0 Å². The molecule has 0 aromatic carbocycles. The quantitative estimate of drug-likeness (QED) is 0.539. The van der Waals surface area contributed by atoms with E-state index in [0.717, 1.165) is 0 Å². The molecule has 2 N–H and O–H groups in total. The summed E-state index contributed by atoms with van der Waals surface area (Å²) in [6, 6.07) is 2.00. The third-order valence-corrected chi connectivity index (χ3v) is 4.97. The number of carboxylic acids is 1. The fourth-order valence-electron chi connectivity index (χ4n) is 3.29. The topological polar surface area (TPSA) is 123 Å². The lowest BCUT2D eigenvalue weighted by molar-refractivity contribution is -0.145.